The normalized spacial score (nSPS) is 12.4. The van der Waals surface area contributed by atoms with E-state index in [0.717, 1.165) is 41.3 Å². The van der Waals surface area contributed by atoms with Crippen molar-refractivity contribution in [2.45, 2.75) is 71.2 Å². The largest absolute Gasteiger partial charge is 0.453 e. The van der Waals surface area contributed by atoms with E-state index in [4.69, 9.17) is 19.2 Å². The first-order chi connectivity index (χ1) is 25.2. The Balaban J connectivity index is 1.30. The Morgan fingerprint density at radius 3 is 2.48 bits per heavy atom. The number of ether oxygens (including phenoxy) is 1. The second kappa shape index (κ2) is 16.4. The molecule has 0 aliphatic rings. The molecule has 0 bridgehead atoms. The molecule has 11 nitrogen and oxygen atoms in total. The highest BCUT2D eigenvalue weighted by Gasteiger charge is 2.33. The van der Waals surface area contributed by atoms with Gasteiger partial charge in [0.25, 0.3) is 9.04 Å². The highest BCUT2D eigenvalue weighted by atomic mass is 28.3. The van der Waals surface area contributed by atoms with Crippen molar-refractivity contribution in [3.05, 3.63) is 102 Å². The Morgan fingerprint density at radius 2 is 1.73 bits per heavy atom. The third-order valence-corrected chi connectivity index (χ3v) is 11.7. The van der Waals surface area contributed by atoms with E-state index in [0.29, 0.717) is 30.0 Å². The number of amides is 1. The van der Waals surface area contributed by atoms with Crippen LogP contribution in [0.4, 0.5) is 16.6 Å². The molecule has 0 aliphatic carbocycles. The van der Waals surface area contributed by atoms with Crippen molar-refractivity contribution >= 4 is 54.0 Å². The number of pyridine rings is 1. The summed E-state index contributed by atoms with van der Waals surface area (Å²) in [5.74, 6) is 0.662. The number of hydrogen-bond donors (Lipinski definition) is 3. The zero-order valence-corrected chi connectivity index (χ0v) is 31.4. The lowest BCUT2D eigenvalue weighted by molar-refractivity contribution is 0.186. The second-order valence-electron chi connectivity index (χ2n) is 13.7. The van der Waals surface area contributed by atoms with Gasteiger partial charge in [0, 0.05) is 24.2 Å². The smallest absolute Gasteiger partial charge is 0.413 e. The summed E-state index contributed by atoms with van der Waals surface area (Å²) in [7, 11) is -0.159. The third kappa shape index (κ3) is 8.30. The number of benzene rings is 3. The Hall–Kier alpha value is -5.17. The van der Waals surface area contributed by atoms with Crippen molar-refractivity contribution in [1.29, 1.82) is 0 Å². The fraction of sp³-hybridized carbons (Fsp3) is 0.325. The van der Waals surface area contributed by atoms with Gasteiger partial charge in [0.1, 0.15) is 11.0 Å². The van der Waals surface area contributed by atoms with Crippen molar-refractivity contribution < 1.29 is 19.1 Å². The summed E-state index contributed by atoms with van der Waals surface area (Å²) in [6, 6.07) is 26.8. The van der Waals surface area contributed by atoms with Crippen LogP contribution in [0, 0.1) is 0 Å². The number of aliphatic hydroxyl groups is 1. The lowest BCUT2D eigenvalue weighted by atomic mass is 10.0. The standard InChI is InChI=1S/C40H46N7O4Si/c1-6-13-30(21-23-51-52(40(2,3)4)34-18-11-10-16-31(34)27-14-8-7-9-15-27)43-37-36-33(44-38(45-37)46-39(49)50-5)24-42-47(36)25-28-19-20-29(26-48)32-17-12-22-41-35(28)32/h7-12,14-20,22,24,30,48H,6,13,21,23,25-26H2,1-5H3,(H2,43,44,45,46,49)/t30-/m0/s1. The van der Waals surface area contributed by atoms with Crippen molar-refractivity contribution in [3.8, 4) is 11.1 Å². The van der Waals surface area contributed by atoms with E-state index < -0.39 is 15.1 Å². The van der Waals surface area contributed by atoms with Crippen LogP contribution in [0.1, 0.15) is 58.1 Å². The number of nitrogens with zero attached hydrogens (tertiary/aromatic N) is 5. The molecule has 0 aliphatic heterocycles. The van der Waals surface area contributed by atoms with E-state index in [1.54, 1.807) is 12.4 Å². The molecule has 52 heavy (non-hydrogen) atoms. The van der Waals surface area contributed by atoms with Gasteiger partial charge in [-0.2, -0.15) is 10.1 Å². The molecule has 3 aromatic heterocycles. The van der Waals surface area contributed by atoms with E-state index in [2.05, 4.69) is 96.8 Å². The van der Waals surface area contributed by atoms with E-state index in [9.17, 15) is 9.90 Å². The number of anilines is 2. The van der Waals surface area contributed by atoms with Crippen LogP contribution in [0.25, 0.3) is 33.1 Å². The van der Waals surface area contributed by atoms with Crippen LogP contribution in [0.2, 0.25) is 5.04 Å². The zero-order chi connectivity index (χ0) is 36.7. The summed E-state index contributed by atoms with van der Waals surface area (Å²) in [4.78, 5) is 26.2. The van der Waals surface area contributed by atoms with Gasteiger partial charge in [-0.1, -0.05) is 107 Å². The summed E-state index contributed by atoms with van der Waals surface area (Å²) in [6.45, 7) is 9.81. The molecule has 3 heterocycles. The number of methoxy groups -OCH3 is 1. The van der Waals surface area contributed by atoms with Gasteiger partial charge < -0.3 is 19.6 Å². The fourth-order valence-corrected chi connectivity index (χ4v) is 8.96. The van der Waals surface area contributed by atoms with Gasteiger partial charge in [-0.25, -0.2) is 9.78 Å². The second-order valence-corrected chi connectivity index (χ2v) is 16.7. The van der Waals surface area contributed by atoms with Crippen LogP contribution in [-0.4, -0.2) is 64.7 Å². The summed E-state index contributed by atoms with van der Waals surface area (Å²) in [5.41, 5.74) is 6.21. The Bertz CT molecular complexity index is 2130. The van der Waals surface area contributed by atoms with Crippen LogP contribution >= 0.6 is 0 Å². The quantitative estimate of drug-likeness (QED) is 0.0983. The Morgan fingerprint density at radius 1 is 0.962 bits per heavy atom. The number of carbonyl (C=O) groups is 1. The SMILES string of the molecule is CCC[C@@H](CCO[Si](c1ccccc1-c1ccccc1)C(C)(C)C)Nc1nc(NC(=O)OC)nc2cnn(Cc3ccc(CO)c4cccnc34)c12. The predicted molar refractivity (Wildman–Crippen MR) is 208 cm³/mol. The molecule has 0 unspecified atom stereocenters. The minimum absolute atomic E-state index is 0.0105. The summed E-state index contributed by atoms with van der Waals surface area (Å²) >= 11 is 0. The number of hydrogen-bond acceptors (Lipinski definition) is 9. The van der Waals surface area contributed by atoms with E-state index in [1.165, 1.54) is 23.4 Å². The molecule has 1 radical (unpaired) electrons. The van der Waals surface area contributed by atoms with Crippen molar-refractivity contribution in [1.82, 2.24) is 24.7 Å². The van der Waals surface area contributed by atoms with Crippen LogP contribution in [0.5, 0.6) is 0 Å². The fourth-order valence-electron chi connectivity index (χ4n) is 6.52. The third-order valence-electron chi connectivity index (χ3n) is 8.95. The average Bonchev–Trinajstić information content (AvgIpc) is 3.56. The first-order valence-corrected chi connectivity index (χ1v) is 19.1. The number of nitrogens with one attached hydrogen (secondary N) is 2. The summed E-state index contributed by atoms with van der Waals surface area (Å²) < 4.78 is 13.6. The number of fused-ring (bicyclic) bond motifs is 2. The van der Waals surface area contributed by atoms with E-state index >= 15 is 0 Å². The first kappa shape index (κ1) is 36.6. The Labute approximate surface area is 306 Å². The van der Waals surface area contributed by atoms with Crippen molar-refractivity contribution in [3.63, 3.8) is 0 Å². The minimum Gasteiger partial charge on any atom is -0.453 e. The van der Waals surface area contributed by atoms with Gasteiger partial charge >= 0.3 is 6.09 Å². The predicted octanol–water partition coefficient (Wildman–Crippen LogP) is 7.45. The molecule has 6 aromatic rings. The van der Waals surface area contributed by atoms with E-state index in [1.807, 2.05) is 35.0 Å². The maximum atomic E-state index is 12.2. The maximum Gasteiger partial charge on any atom is 0.413 e. The molecule has 3 aromatic carbocycles. The van der Waals surface area contributed by atoms with Crippen molar-refractivity contribution in [2.24, 2.45) is 0 Å². The van der Waals surface area contributed by atoms with Gasteiger partial charge in [-0.05, 0) is 51.4 Å². The molecule has 3 N–H and O–H groups in total. The lowest BCUT2D eigenvalue weighted by Crippen LogP contribution is -2.43. The number of aliphatic hydroxyl groups excluding tert-OH is 1. The van der Waals surface area contributed by atoms with Gasteiger partial charge in [-0.3, -0.25) is 15.0 Å². The topological polar surface area (TPSA) is 136 Å². The molecule has 0 spiro atoms. The first-order valence-electron chi connectivity index (χ1n) is 17.7. The Kier molecular flexibility index (Phi) is 11.6. The molecular formula is C40H46N7O4Si. The summed E-state index contributed by atoms with van der Waals surface area (Å²) in [5, 5.41) is 23.0. The minimum atomic E-state index is -1.46. The van der Waals surface area contributed by atoms with Gasteiger partial charge in [0.2, 0.25) is 5.95 Å². The molecular weight excluding hydrogens is 671 g/mol. The zero-order valence-electron chi connectivity index (χ0n) is 30.4. The van der Waals surface area contributed by atoms with Crippen LogP contribution in [0.3, 0.4) is 0 Å². The van der Waals surface area contributed by atoms with Crippen LogP contribution in [-0.2, 0) is 22.3 Å². The molecule has 1 amide bonds. The average molecular weight is 717 g/mol. The highest BCUT2D eigenvalue weighted by Crippen LogP contribution is 2.31. The monoisotopic (exact) mass is 716 g/mol. The van der Waals surface area contributed by atoms with Crippen molar-refractivity contribution in [2.75, 3.05) is 24.4 Å². The number of aromatic nitrogens is 5. The molecule has 269 valence electrons. The van der Waals surface area contributed by atoms with Gasteiger partial charge in [0.05, 0.1) is 32.0 Å². The summed E-state index contributed by atoms with van der Waals surface area (Å²) in [6.07, 6.45) is 5.31. The number of carbonyl (C=O) groups excluding carboxylic acids is 1. The lowest BCUT2D eigenvalue weighted by Gasteiger charge is -2.31. The molecule has 0 fully saturated rings. The maximum absolute atomic E-state index is 12.2. The molecule has 12 heteroatoms. The number of rotatable bonds is 14. The van der Waals surface area contributed by atoms with Crippen LogP contribution < -0.4 is 15.8 Å². The van der Waals surface area contributed by atoms with Crippen LogP contribution in [0.15, 0.2) is 91.3 Å². The molecule has 1 atom stereocenters. The van der Waals surface area contributed by atoms with E-state index in [-0.39, 0.29) is 23.6 Å². The molecule has 6 rings (SSSR count). The highest BCUT2D eigenvalue weighted by molar-refractivity contribution is 6.71. The molecule has 0 saturated carbocycles. The molecule has 0 saturated heterocycles. The van der Waals surface area contributed by atoms with Gasteiger partial charge in [0.15, 0.2) is 5.82 Å². The van der Waals surface area contributed by atoms with Gasteiger partial charge in [-0.15, -0.1) is 0 Å².